The van der Waals surface area contributed by atoms with Crippen molar-refractivity contribution >= 4 is 17.5 Å². The number of methoxy groups -OCH3 is 1. The maximum absolute atomic E-state index is 12.8. The molecule has 0 unspecified atom stereocenters. The molecule has 0 aromatic heterocycles. The van der Waals surface area contributed by atoms with Crippen molar-refractivity contribution in [1.29, 1.82) is 0 Å². The molecule has 0 atom stereocenters. The number of nitrogens with zero attached hydrogens (tertiary/aromatic N) is 1. The number of carbonyl (C=O) groups is 2. The Bertz CT molecular complexity index is 597. The Morgan fingerprint density at radius 3 is 2.40 bits per heavy atom. The van der Waals surface area contributed by atoms with Gasteiger partial charge in [-0.25, -0.2) is 0 Å². The van der Waals surface area contributed by atoms with Crippen LogP contribution in [0.15, 0.2) is 24.3 Å². The molecule has 2 saturated heterocycles. The minimum absolute atomic E-state index is 0.00512. The molecule has 0 saturated carbocycles. The lowest BCUT2D eigenvalue weighted by atomic mass is 9.78. The second-order valence-electron chi connectivity index (χ2n) is 6.99. The van der Waals surface area contributed by atoms with E-state index in [1.165, 1.54) is 0 Å². The zero-order valence-electron chi connectivity index (χ0n) is 14.8. The molecule has 136 valence electrons. The highest BCUT2D eigenvalue weighted by Crippen LogP contribution is 2.31. The lowest BCUT2D eigenvalue weighted by Crippen LogP contribution is -2.47. The molecule has 6 nitrogen and oxygen atoms in total. The van der Waals surface area contributed by atoms with Gasteiger partial charge in [-0.15, -0.1) is 0 Å². The Morgan fingerprint density at radius 2 is 1.80 bits per heavy atom. The van der Waals surface area contributed by atoms with E-state index < -0.39 is 5.41 Å². The van der Waals surface area contributed by atoms with E-state index in [1.54, 1.807) is 19.2 Å². The molecule has 0 spiro atoms. The predicted octanol–water partition coefficient (Wildman–Crippen LogP) is 1.88. The molecule has 2 fully saturated rings. The molecule has 0 radical (unpaired) electrons. The molecule has 6 heteroatoms. The van der Waals surface area contributed by atoms with Crippen LogP contribution in [-0.2, 0) is 9.53 Å². The summed E-state index contributed by atoms with van der Waals surface area (Å²) >= 11 is 0. The third-order valence-electron chi connectivity index (χ3n) is 5.25. The van der Waals surface area contributed by atoms with Gasteiger partial charge in [0.1, 0.15) is 0 Å². The van der Waals surface area contributed by atoms with Gasteiger partial charge < -0.3 is 20.3 Å². The van der Waals surface area contributed by atoms with Gasteiger partial charge in [-0.3, -0.25) is 9.59 Å². The molecule has 2 heterocycles. The summed E-state index contributed by atoms with van der Waals surface area (Å²) in [5, 5.41) is 6.29. The normalized spacial score (nSPS) is 19.6. The first-order valence-corrected chi connectivity index (χ1v) is 9.05. The van der Waals surface area contributed by atoms with Gasteiger partial charge in [-0.1, -0.05) is 0 Å². The van der Waals surface area contributed by atoms with Gasteiger partial charge in [0.2, 0.25) is 5.91 Å². The SMILES string of the molecule is COCC1(C(=O)Nc2ccc(C(=O)N3CCCC3)cc2)CCNCC1. The van der Waals surface area contributed by atoms with Crippen LogP contribution < -0.4 is 10.6 Å². The number of hydrogen-bond acceptors (Lipinski definition) is 4. The van der Waals surface area contributed by atoms with Gasteiger partial charge in [-0.2, -0.15) is 0 Å². The molecule has 2 amide bonds. The zero-order valence-corrected chi connectivity index (χ0v) is 14.8. The molecule has 3 rings (SSSR count). The molecule has 2 aliphatic heterocycles. The number of nitrogens with one attached hydrogen (secondary N) is 2. The summed E-state index contributed by atoms with van der Waals surface area (Å²) < 4.78 is 5.31. The van der Waals surface area contributed by atoms with Crippen molar-refractivity contribution in [3.05, 3.63) is 29.8 Å². The number of anilines is 1. The van der Waals surface area contributed by atoms with Crippen molar-refractivity contribution < 1.29 is 14.3 Å². The second kappa shape index (κ2) is 7.97. The summed E-state index contributed by atoms with van der Waals surface area (Å²) in [5.41, 5.74) is 0.912. The summed E-state index contributed by atoms with van der Waals surface area (Å²) in [4.78, 5) is 27.1. The summed E-state index contributed by atoms with van der Waals surface area (Å²) in [5.74, 6) is 0.0686. The minimum atomic E-state index is -0.482. The van der Waals surface area contributed by atoms with E-state index >= 15 is 0 Å². The average Bonchev–Trinajstić information content (AvgIpc) is 3.17. The van der Waals surface area contributed by atoms with Crippen LogP contribution in [0, 0.1) is 5.41 Å². The monoisotopic (exact) mass is 345 g/mol. The molecule has 1 aromatic carbocycles. The van der Waals surface area contributed by atoms with Gasteiger partial charge in [0, 0.05) is 31.5 Å². The standard InChI is InChI=1S/C19H27N3O3/c1-25-14-19(8-10-20-11-9-19)18(24)21-16-6-4-15(5-7-16)17(23)22-12-2-3-13-22/h4-7,20H,2-3,8-14H2,1H3,(H,21,24). The van der Waals surface area contributed by atoms with Gasteiger partial charge in [-0.05, 0) is 63.0 Å². The highest BCUT2D eigenvalue weighted by molar-refractivity contribution is 5.97. The van der Waals surface area contributed by atoms with E-state index in [4.69, 9.17) is 4.74 Å². The smallest absolute Gasteiger partial charge is 0.253 e. The molecule has 2 aliphatic rings. The average molecular weight is 345 g/mol. The first-order valence-electron chi connectivity index (χ1n) is 9.05. The number of piperidine rings is 1. The number of rotatable bonds is 5. The van der Waals surface area contributed by atoms with E-state index in [1.807, 2.05) is 17.0 Å². The number of ether oxygens (including phenoxy) is 1. The number of hydrogen-bond donors (Lipinski definition) is 2. The molecule has 1 aromatic rings. The van der Waals surface area contributed by atoms with E-state index in [-0.39, 0.29) is 11.8 Å². The molecule has 0 bridgehead atoms. The van der Waals surface area contributed by atoms with Gasteiger partial charge in [0.05, 0.1) is 12.0 Å². The molecule has 0 aliphatic carbocycles. The van der Waals surface area contributed by atoms with Crippen LogP contribution in [0.25, 0.3) is 0 Å². The molecular weight excluding hydrogens is 318 g/mol. The Labute approximate surface area is 148 Å². The highest BCUT2D eigenvalue weighted by atomic mass is 16.5. The summed E-state index contributed by atoms with van der Waals surface area (Å²) in [6, 6.07) is 7.20. The van der Waals surface area contributed by atoms with Crippen LogP contribution in [0.3, 0.4) is 0 Å². The molecule has 25 heavy (non-hydrogen) atoms. The summed E-state index contributed by atoms with van der Waals surface area (Å²) in [6.45, 7) is 3.74. The fraction of sp³-hybridized carbons (Fsp3) is 0.579. The Hall–Kier alpha value is -1.92. The fourth-order valence-corrected chi connectivity index (χ4v) is 3.68. The van der Waals surface area contributed by atoms with E-state index in [9.17, 15) is 9.59 Å². The fourth-order valence-electron chi connectivity index (χ4n) is 3.68. The highest BCUT2D eigenvalue weighted by Gasteiger charge is 2.39. The number of carbonyl (C=O) groups excluding carboxylic acids is 2. The largest absolute Gasteiger partial charge is 0.384 e. The van der Waals surface area contributed by atoms with E-state index in [2.05, 4.69) is 10.6 Å². The topological polar surface area (TPSA) is 70.7 Å². The second-order valence-corrected chi connectivity index (χ2v) is 6.99. The summed E-state index contributed by atoms with van der Waals surface area (Å²) in [6.07, 6.45) is 3.68. The lowest BCUT2D eigenvalue weighted by Gasteiger charge is -2.35. The van der Waals surface area contributed by atoms with Gasteiger partial charge in [0.25, 0.3) is 5.91 Å². The van der Waals surface area contributed by atoms with Gasteiger partial charge in [0.15, 0.2) is 0 Å². The van der Waals surface area contributed by atoms with Crippen LogP contribution in [0.5, 0.6) is 0 Å². The van der Waals surface area contributed by atoms with Gasteiger partial charge >= 0.3 is 0 Å². The number of likely N-dealkylation sites (tertiary alicyclic amines) is 1. The van der Waals surface area contributed by atoms with E-state index in [0.717, 1.165) is 57.5 Å². The maximum atomic E-state index is 12.8. The van der Waals surface area contributed by atoms with Crippen LogP contribution in [0.4, 0.5) is 5.69 Å². The zero-order chi connectivity index (χ0) is 17.7. The van der Waals surface area contributed by atoms with Crippen LogP contribution in [0.1, 0.15) is 36.0 Å². The van der Waals surface area contributed by atoms with E-state index in [0.29, 0.717) is 12.2 Å². The number of amides is 2. The quantitative estimate of drug-likeness (QED) is 0.855. The minimum Gasteiger partial charge on any atom is -0.384 e. The van der Waals surface area contributed by atoms with Crippen LogP contribution >= 0.6 is 0 Å². The predicted molar refractivity (Wildman–Crippen MR) is 96.6 cm³/mol. The Balaban J connectivity index is 1.65. The summed E-state index contributed by atoms with van der Waals surface area (Å²) in [7, 11) is 1.63. The van der Waals surface area contributed by atoms with Crippen molar-refractivity contribution in [3.63, 3.8) is 0 Å². The van der Waals surface area contributed by atoms with Crippen molar-refractivity contribution in [2.24, 2.45) is 5.41 Å². The van der Waals surface area contributed by atoms with Crippen LogP contribution in [-0.4, -0.2) is 56.6 Å². The first kappa shape index (κ1) is 17.9. The maximum Gasteiger partial charge on any atom is 0.253 e. The Morgan fingerprint density at radius 1 is 1.16 bits per heavy atom. The van der Waals surface area contributed by atoms with Crippen molar-refractivity contribution in [2.45, 2.75) is 25.7 Å². The first-order chi connectivity index (χ1) is 12.1. The van der Waals surface area contributed by atoms with Crippen molar-refractivity contribution in [1.82, 2.24) is 10.2 Å². The van der Waals surface area contributed by atoms with Crippen LogP contribution in [0.2, 0.25) is 0 Å². The Kier molecular flexibility index (Phi) is 5.71. The third-order valence-corrected chi connectivity index (χ3v) is 5.25. The van der Waals surface area contributed by atoms with Crippen molar-refractivity contribution in [2.75, 3.05) is 45.2 Å². The number of benzene rings is 1. The lowest BCUT2D eigenvalue weighted by molar-refractivity contribution is -0.130. The molecule has 2 N–H and O–H groups in total. The molecular formula is C19H27N3O3. The third kappa shape index (κ3) is 4.02. The van der Waals surface area contributed by atoms with Crippen molar-refractivity contribution in [3.8, 4) is 0 Å².